The smallest absolute Gasteiger partial charge is 0.317 e. The summed E-state index contributed by atoms with van der Waals surface area (Å²) in [4.78, 5) is 44.6. The van der Waals surface area contributed by atoms with Crippen molar-refractivity contribution in [2.24, 2.45) is 5.41 Å². The van der Waals surface area contributed by atoms with Gasteiger partial charge in [-0.15, -0.1) is 0 Å². The van der Waals surface area contributed by atoms with Crippen LogP contribution in [0.5, 0.6) is 0 Å². The molecule has 4 atom stereocenters. The Morgan fingerprint density at radius 3 is 2.58 bits per heavy atom. The van der Waals surface area contributed by atoms with E-state index in [-0.39, 0.29) is 12.3 Å². The Morgan fingerprint density at radius 1 is 1.12 bits per heavy atom. The highest BCUT2D eigenvalue weighted by Crippen LogP contribution is 2.66. The van der Waals surface area contributed by atoms with E-state index in [0.717, 1.165) is 12.0 Å². The van der Waals surface area contributed by atoms with Crippen LogP contribution in [0.2, 0.25) is 0 Å². The van der Waals surface area contributed by atoms with Gasteiger partial charge in [0.05, 0.1) is 12.8 Å². The zero-order chi connectivity index (χ0) is 23.2. The van der Waals surface area contributed by atoms with Gasteiger partial charge < -0.3 is 20.1 Å². The van der Waals surface area contributed by atoms with E-state index in [0.29, 0.717) is 29.9 Å². The van der Waals surface area contributed by atoms with Crippen molar-refractivity contribution in [3.63, 3.8) is 0 Å². The van der Waals surface area contributed by atoms with Gasteiger partial charge in [-0.05, 0) is 31.5 Å². The van der Waals surface area contributed by atoms with Crippen molar-refractivity contribution in [1.82, 2.24) is 4.90 Å². The van der Waals surface area contributed by atoms with Crippen molar-refractivity contribution in [3.05, 3.63) is 59.7 Å². The molecule has 2 N–H and O–H groups in total. The zero-order valence-electron chi connectivity index (χ0n) is 18.5. The molecule has 0 radical (unpaired) electrons. The van der Waals surface area contributed by atoms with Gasteiger partial charge in [-0.25, -0.2) is 0 Å². The first-order valence-corrected chi connectivity index (χ1v) is 11.2. The Morgan fingerprint density at radius 2 is 1.82 bits per heavy atom. The number of rotatable bonds is 2. The molecule has 2 fully saturated rings. The average Bonchev–Trinajstić information content (AvgIpc) is 3.55. The highest BCUT2D eigenvalue weighted by molar-refractivity contribution is 6.12. The van der Waals surface area contributed by atoms with Crippen LogP contribution in [0.4, 0.5) is 11.4 Å². The Labute approximate surface area is 191 Å². The van der Waals surface area contributed by atoms with Crippen LogP contribution < -0.4 is 10.2 Å². The van der Waals surface area contributed by atoms with Gasteiger partial charge in [0.2, 0.25) is 5.91 Å². The Bertz CT molecular complexity index is 1230. The third-order valence-corrected chi connectivity index (χ3v) is 8.31. The summed E-state index contributed by atoms with van der Waals surface area (Å²) in [5.41, 5.74) is -2.61. The third-order valence-electron chi connectivity index (χ3n) is 8.31. The maximum Gasteiger partial charge on any atom is 0.317 e. The lowest BCUT2D eigenvalue weighted by molar-refractivity contribution is -0.183. The van der Waals surface area contributed by atoms with Gasteiger partial charge in [0.15, 0.2) is 5.60 Å². The Balaban J connectivity index is 1.66. The minimum absolute atomic E-state index is 0.0510. The highest BCUT2D eigenvalue weighted by atomic mass is 16.5. The molecule has 1 spiro atoms. The number of nitrogens with zero attached hydrogens (tertiary/aromatic N) is 2. The van der Waals surface area contributed by atoms with Crippen molar-refractivity contribution in [1.29, 1.82) is 0 Å². The van der Waals surface area contributed by atoms with E-state index in [1.54, 1.807) is 31.3 Å². The normalized spacial score (nSPS) is 34.4. The monoisotopic (exact) mass is 447 g/mol. The summed E-state index contributed by atoms with van der Waals surface area (Å²) in [6.07, 6.45) is 1.25. The number of nitrogens with one attached hydrogen (secondary N) is 1. The number of carbonyl (C=O) groups is 3. The summed E-state index contributed by atoms with van der Waals surface area (Å²) in [5.74, 6) is -1.49. The van der Waals surface area contributed by atoms with Gasteiger partial charge >= 0.3 is 5.97 Å². The SMILES string of the molecule is COC(=O)C1(C2(O)C(=O)N(C)c3ccccc32)CC2(C(=O)Nc3ccccc32)N2CCCC21. The predicted octanol–water partition coefficient (Wildman–Crippen LogP) is 1.73. The molecule has 4 unspecified atom stereocenters. The second-order valence-corrected chi connectivity index (χ2v) is 9.44. The number of amides is 2. The van der Waals surface area contributed by atoms with Gasteiger partial charge in [-0.2, -0.15) is 0 Å². The number of carbonyl (C=O) groups excluding carboxylic acids is 3. The van der Waals surface area contributed by atoms with E-state index in [4.69, 9.17) is 4.74 Å². The lowest BCUT2D eigenvalue weighted by Gasteiger charge is -2.42. The number of ether oxygens (including phenoxy) is 1. The van der Waals surface area contributed by atoms with E-state index in [1.807, 2.05) is 29.2 Å². The molecule has 0 saturated carbocycles. The minimum atomic E-state index is -2.17. The molecule has 2 aromatic carbocycles. The fraction of sp³-hybridized carbons (Fsp3) is 0.400. The third kappa shape index (κ3) is 2.07. The number of esters is 1. The van der Waals surface area contributed by atoms with E-state index in [2.05, 4.69) is 5.32 Å². The number of para-hydroxylation sites is 2. The first-order chi connectivity index (χ1) is 15.8. The summed E-state index contributed by atoms with van der Waals surface area (Å²) in [5, 5.41) is 15.4. The Kier molecular flexibility index (Phi) is 3.97. The van der Waals surface area contributed by atoms with Crippen LogP contribution in [0.15, 0.2) is 48.5 Å². The molecule has 170 valence electrons. The summed E-state index contributed by atoms with van der Waals surface area (Å²) in [6, 6.07) is 13.9. The van der Waals surface area contributed by atoms with Crippen LogP contribution in [0.1, 0.15) is 30.4 Å². The number of likely N-dealkylation sites (N-methyl/N-ethyl adjacent to an activating group) is 1. The fourth-order valence-corrected chi connectivity index (χ4v) is 7.00. The summed E-state index contributed by atoms with van der Waals surface area (Å²) in [7, 11) is 2.87. The number of hydrogen-bond acceptors (Lipinski definition) is 6. The van der Waals surface area contributed by atoms with Crippen LogP contribution in [0, 0.1) is 5.41 Å². The molecule has 4 aliphatic heterocycles. The number of benzene rings is 2. The number of aliphatic hydroxyl groups is 1. The van der Waals surface area contributed by atoms with Crippen molar-refractivity contribution in [2.45, 2.75) is 36.4 Å². The molecule has 2 aromatic rings. The van der Waals surface area contributed by atoms with Crippen LogP contribution in [0.3, 0.4) is 0 Å². The van der Waals surface area contributed by atoms with Crippen molar-refractivity contribution in [2.75, 3.05) is 30.9 Å². The summed E-state index contributed by atoms with van der Waals surface area (Å²) < 4.78 is 5.32. The molecule has 2 saturated heterocycles. The van der Waals surface area contributed by atoms with Crippen LogP contribution >= 0.6 is 0 Å². The molecule has 8 heteroatoms. The number of fused-ring (bicyclic) bond motifs is 5. The fourth-order valence-electron chi connectivity index (χ4n) is 7.00. The van der Waals surface area contributed by atoms with E-state index >= 15 is 0 Å². The van der Waals surface area contributed by atoms with Gasteiger partial charge in [0.1, 0.15) is 11.0 Å². The molecule has 33 heavy (non-hydrogen) atoms. The maximum absolute atomic E-state index is 13.8. The van der Waals surface area contributed by atoms with E-state index < -0.39 is 34.5 Å². The van der Waals surface area contributed by atoms with Gasteiger partial charge in [-0.3, -0.25) is 19.3 Å². The van der Waals surface area contributed by atoms with Crippen LogP contribution in [-0.2, 0) is 30.3 Å². The molecule has 0 aliphatic carbocycles. The molecule has 2 amide bonds. The molecule has 8 nitrogen and oxygen atoms in total. The molecule has 4 heterocycles. The van der Waals surface area contributed by atoms with Gasteiger partial charge in [-0.1, -0.05) is 36.4 Å². The molecular weight excluding hydrogens is 422 g/mol. The lowest BCUT2D eigenvalue weighted by atomic mass is 9.61. The zero-order valence-corrected chi connectivity index (χ0v) is 18.5. The maximum atomic E-state index is 13.8. The van der Waals surface area contributed by atoms with Gasteiger partial charge in [0, 0.05) is 36.3 Å². The number of methoxy groups -OCH3 is 1. The molecule has 6 rings (SSSR count). The topological polar surface area (TPSA) is 99.2 Å². The number of anilines is 2. The van der Waals surface area contributed by atoms with E-state index in [1.165, 1.54) is 12.0 Å². The largest absolute Gasteiger partial charge is 0.468 e. The summed E-state index contributed by atoms with van der Waals surface area (Å²) in [6.45, 7) is 0.576. The van der Waals surface area contributed by atoms with Gasteiger partial charge in [0.25, 0.3) is 5.91 Å². The van der Waals surface area contributed by atoms with Crippen molar-refractivity contribution in [3.8, 4) is 0 Å². The second-order valence-electron chi connectivity index (χ2n) is 9.44. The highest BCUT2D eigenvalue weighted by Gasteiger charge is 2.79. The summed E-state index contributed by atoms with van der Waals surface area (Å²) >= 11 is 0. The predicted molar refractivity (Wildman–Crippen MR) is 119 cm³/mol. The van der Waals surface area contributed by atoms with Crippen LogP contribution in [-0.4, -0.2) is 54.5 Å². The first-order valence-electron chi connectivity index (χ1n) is 11.2. The van der Waals surface area contributed by atoms with Crippen molar-refractivity contribution >= 4 is 29.2 Å². The molecule has 0 aromatic heterocycles. The van der Waals surface area contributed by atoms with Crippen molar-refractivity contribution < 1.29 is 24.2 Å². The van der Waals surface area contributed by atoms with E-state index in [9.17, 15) is 19.5 Å². The minimum Gasteiger partial charge on any atom is -0.468 e. The lowest BCUT2D eigenvalue weighted by Crippen LogP contribution is -2.61. The molecule has 4 aliphatic rings. The second kappa shape index (κ2) is 6.42. The molecular formula is C25H25N3O5. The first kappa shape index (κ1) is 20.4. The quantitative estimate of drug-likeness (QED) is 0.681. The molecule has 0 bridgehead atoms. The number of hydrogen-bond donors (Lipinski definition) is 2. The standard InChI is InChI=1S/C25H25N3O5/c1-27-18-11-6-4-9-16(18)25(32,21(27)30)23(22(31)33-2)14-24(28-13-7-12-19(23)28)15-8-3-5-10-17(15)26-20(24)29/h3-6,8-11,19,32H,7,12-14H2,1-2H3,(H,26,29). The van der Waals surface area contributed by atoms with Crippen LogP contribution in [0.25, 0.3) is 0 Å². The average molecular weight is 447 g/mol. The Hall–Kier alpha value is -3.23.